The first-order valence-corrected chi connectivity index (χ1v) is 13.5. The molecule has 2 aliphatic rings. The van der Waals surface area contributed by atoms with Crippen LogP contribution in [0.4, 0.5) is 5.95 Å². The molecule has 2 atom stereocenters. The van der Waals surface area contributed by atoms with Crippen molar-refractivity contribution >= 4 is 29.4 Å². The first-order chi connectivity index (χ1) is 19.4. The highest BCUT2D eigenvalue weighted by Crippen LogP contribution is 2.37. The molecule has 3 aromatic rings. The van der Waals surface area contributed by atoms with Crippen LogP contribution < -0.4 is 15.4 Å². The molecule has 4 heterocycles. The van der Waals surface area contributed by atoms with Gasteiger partial charge in [0.25, 0.3) is 5.91 Å². The first-order valence-electron chi connectivity index (χ1n) is 13.1. The van der Waals surface area contributed by atoms with E-state index in [2.05, 4.69) is 25.6 Å². The van der Waals surface area contributed by atoms with Crippen molar-refractivity contribution in [1.82, 2.24) is 25.2 Å². The smallest absolute Gasteiger partial charge is 0.255 e. The average Bonchev–Trinajstić information content (AvgIpc) is 3.21. The molecule has 1 fully saturated rings. The maximum Gasteiger partial charge on any atom is 0.255 e. The van der Waals surface area contributed by atoms with Crippen molar-refractivity contribution in [2.24, 2.45) is 0 Å². The third-order valence-corrected chi connectivity index (χ3v) is 7.45. The Labute approximate surface area is 236 Å². The number of ether oxygens (including phenoxy) is 2. The molecule has 2 aromatic heterocycles. The highest BCUT2D eigenvalue weighted by Gasteiger charge is 2.36. The van der Waals surface area contributed by atoms with Crippen LogP contribution in [0.2, 0.25) is 5.02 Å². The number of methoxy groups -OCH3 is 1. The molecule has 0 spiro atoms. The van der Waals surface area contributed by atoms with Gasteiger partial charge in [-0.25, -0.2) is 15.0 Å². The fourth-order valence-electron chi connectivity index (χ4n) is 4.97. The standard InChI is InChI=1S/C28H31ClN6O5/c1-16-19-7-6-17(26-21(29)13-30-28(34-26)31-18-8-10-40-11-9-18)12-20(19)27(38)35(16)14-24(37)32-23(15-36)22-4-3-5-25(33-22)39-2/h3-7,12-13,16,18,23,36H,8-11,14-15H2,1-2H3,(H,32,37)(H,30,31,34)/t16-,23?/m1/s1. The summed E-state index contributed by atoms with van der Waals surface area (Å²) in [4.78, 5) is 41.1. The summed E-state index contributed by atoms with van der Waals surface area (Å²) in [7, 11) is 1.49. The molecule has 2 aliphatic heterocycles. The number of aromatic nitrogens is 3. The predicted octanol–water partition coefficient (Wildman–Crippen LogP) is 3.16. The summed E-state index contributed by atoms with van der Waals surface area (Å²) in [5.41, 5.74) is 2.94. The van der Waals surface area contributed by atoms with E-state index in [0.29, 0.717) is 52.6 Å². The number of hydrogen-bond donors (Lipinski definition) is 3. The van der Waals surface area contributed by atoms with Gasteiger partial charge in [-0.1, -0.05) is 29.8 Å². The minimum atomic E-state index is -0.742. The predicted molar refractivity (Wildman–Crippen MR) is 148 cm³/mol. The Bertz CT molecular complexity index is 1400. The van der Waals surface area contributed by atoms with E-state index in [1.165, 1.54) is 12.0 Å². The molecule has 1 unspecified atom stereocenters. The molecule has 1 aromatic carbocycles. The molecule has 0 saturated carbocycles. The van der Waals surface area contributed by atoms with E-state index in [4.69, 9.17) is 21.1 Å². The number of rotatable bonds is 9. The monoisotopic (exact) mass is 566 g/mol. The van der Waals surface area contributed by atoms with Crippen LogP contribution in [0.25, 0.3) is 11.3 Å². The summed E-state index contributed by atoms with van der Waals surface area (Å²) < 4.78 is 10.5. The van der Waals surface area contributed by atoms with Crippen LogP contribution in [0.3, 0.4) is 0 Å². The zero-order valence-corrected chi connectivity index (χ0v) is 23.0. The van der Waals surface area contributed by atoms with E-state index in [9.17, 15) is 14.7 Å². The number of aliphatic hydroxyl groups excluding tert-OH is 1. The number of hydrogen-bond acceptors (Lipinski definition) is 9. The second kappa shape index (κ2) is 12.2. The van der Waals surface area contributed by atoms with Crippen molar-refractivity contribution in [3.8, 4) is 17.1 Å². The van der Waals surface area contributed by atoms with Crippen LogP contribution in [0.1, 0.15) is 53.5 Å². The van der Waals surface area contributed by atoms with E-state index >= 15 is 0 Å². The molecule has 11 nitrogen and oxygen atoms in total. The minimum Gasteiger partial charge on any atom is -0.481 e. The van der Waals surface area contributed by atoms with E-state index in [0.717, 1.165) is 18.4 Å². The van der Waals surface area contributed by atoms with Gasteiger partial charge in [0.05, 0.1) is 48.4 Å². The number of aliphatic hydroxyl groups is 1. The van der Waals surface area contributed by atoms with Crippen LogP contribution in [0.5, 0.6) is 5.88 Å². The van der Waals surface area contributed by atoms with Crippen molar-refractivity contribution in [1.29, 1.82) is 0 Å². The van der Waals surface area contributed by atoms with Crippen LogP contribution in [0.15, 0.2) is 42.6 Å². The first kappa shape index (κ1) is 27.8. The lowest BCUT2D eigenvalue weighted by Gasteiger charge is -2.23. The van der Waals surface area contributed by atoms with Gasteiger partial charge in [0.2, 0.25) is 17.7 Å². The number of carbonyl (C=O) groups excluding carboxylic acids is 2. The van der Waals surface area contributed by atoms with Crippen LogP contribution in [0, 0.1) is 0 Å². The summed E-state index contributed by atoms with van der Waals surface area (Å²) in [6.45, 7) is 2.71. The average molecular weight is 567 g/mol. The number of nitrogens with one attached hydrogen (secondary N) is 2. The highest BCUT2D eigenvalue weighted by atomic mass is 35.5. The quantitative estimate of drug-likeness (QED) is 0.356. The molecule has 1 saturated heterocycles. The lowest BCUT2D eigenvalue weighted by atomic mass is 10.0. The lowest BCUT2D eigenvalue weighted by Crippen LogP contribution is -2.41. The Morgan fingerprint density at radius 1 is 1.25 bits per heavy atom. The van der Waals surface area contributed by atoms with E-state index < -0.39 is 11.9 Å². The van der Waals surface area contributed by atoms with Gasteiger partial charge < -0.3 is 30.1 Å². The third-order valence-electron chi connectivity index (χ3n) is 7.18. The third kappa shape index (κ3) is 5.86. The highest BCUT2D eigenvalue weighted by molar-refractivity contribution is 6.33. The fraction of sp³-hybridized carbons (Fsp3) is 0.393. The van der Waals surface area contributed by atoms with Gasteiger partial charge in [-0.2, -0.15) is 0 Å². The molecule has 210 valence electrons. The van der Waals surface area contributed by atoms with Crippen molar-refractivity contribution in [3.05, 3.63) is 64.4 Å². The normalized spacial score (nSPS) is 17.9. The van der Waals surface area contributed by atoms with Crippen molar-refractivity contribution in [2.45, 2.75) is 37.9 Å². The molecule has 0 aliphatic carbocycles. The second-order valence-corrected chi connectivity index (χ2v) is 10.1. The van der Waals surface area contributed by atoms with Gasteiger partial charge in [0, 0.05) is 36.4 Å². The minimum absolute atomic E-state index is 0.183. The summed E-state index contributed by atoms with van der Waals surface area (Å²) in [6, 6.07) is 9.74. The fourth-order valence-corrected chi connectivity index (χ4v) is 5.17. The summed E-state index contributed by atoms with van der Waals surface area (Å²) in [5.74, 6) is 0.147. The summed E-state index contributed by atoms with van der Waals surface area (Å²) in [5, 5.41) is 16.3. The molecule has 0 bridgehead atoms. The zero-order valence-electron chi connectivity index (χ0n) is 22.3. The number of anilines is 1. The van der Waals surface area contributed by atoms with Gasteiger partial charge >= 0.3 is 0 Å². The molecular formula is C28H31ClN6O5. The molecule has 5 rings (SSSR count). The Kier molecular flexibility index (Phi) is 8.43. The molecule has 12 heteroatoms. The molecule has 40 heavy (non-hydrogen) atoms. The van der Waals surface area contributed by atoms with Gasteiger partial charge in [0.1, 0.15) is 6.54 Å². The van der Waals surface area contributed by atoms with Gasteiger partial charge in [-0.15, -0.1) is 0 Å². The maximum atomic E-state index is 13.4. The summed E-state index contributed by atoms with van der Waals surface area (Å²) in [6.07, 6.45) is 3.28. The van der Waals surface area contributed by atoms with Gasteiger partial charge in [0.15, 0.2) is 0 Å². The van der Waals surface area contributed by atoms with E-state index in [1.807, 2.05) is 19.1 Å². The van der Waals surface area contributed by atoms with Crippen molar-refractivity contribution in [3.63, 3.8) is 0 Å². The number of carbonyl (C=O) groups is 2. The molecular weight excluding hydrogens is 536 g/mol. The SMILES string of the molecule is COc1cccc(C(CO)NC(=O)CN2C(=O)c3cc(-c4nc(NC5CCOCC5)ncc4Cl)ccc3[C@H]2C)n1. The van der Waals surface area contributed by atoms with E-state index in [-0.39, 0.29) is 31.1 Å². The number of fused-ring (bicyclic) bond motifs is 1. The largest absolute Gasteiger partial charge is 0.481 e. The Morgan fingerprint density at radius 3 is 2.80 bits per heavy atom. The summed E-state index contributed by atoms with van der Waals surface area (Å²) >= 11 is 6.46. The number of nitrogens with zero attached hydrogens (tertiary/aromatic N) is 4. The Morgan fingerprint density at radius 2 is 2.05 bits per heavy atom. The van der Waals surface area contributed by atoms with Crippen LogP contribution in [-0.4, -0.2) is 76.3 Å². The number of halogens is 1. The number of amides is 2. The Hall–Kier alpha value is -3.80. The topological polar surface area (TPSA) is 139 Å². The van der Waals surface area contributed by atoms with Gasteiger partial charge in [-0.3, -0.25) is 9.59 Å². The molecule has 0 radical (unpaired) electrons. The zero-order chi connectivity index (χ0) is 28.2. The van der Waals surface area contributed by atoms with Gasteiger partial charge in [-0.05, 0) is 37.5 Å². The maximum absolute atomic E-state index is 13.4. The number of benzene rings is 1. The van der Waals surface area contributed by atoms with Crippen molar-refractivity contribution in [2.75, 3.05) is 38.8 Å². The van der Waals surface area contributed by atoms with E-state index in [1.54, 1.807) is 30.5 Å². The molecule has 2 amide bonds. The van der Waals surface area contributed by atoms with Crippen molar-refractivity contribution < 1.29 is 24.2 Å². The Balaban J connectivity index is 1.30. The molecule has 3 N–H and O–H groups in total. The number of pyridine rings is 1. The van der Waals surface area contributed by atoms with Crippen LogP contribution >= 0.6 is 11.6 Å². The second-order valence-electron chi connectivity index (χ2n) is 9.74. The lowest BCUT2D eigenvalue weighted by molar-refractivity contribution is -0.123. The van der Waals surface area contributed by atoms with Crippen LogP contribution in [-0.2, 0) is 9.53 Å².